The minimum Gasteiger partial charge on any atom is -0.481 e. The summed E-state index contributed by atoms with van der Waals surface area (Å²) in [6, 6.07) is 4.47. The van der Waals surface area contributed by atoms with Gasteiger partial charge in [-0.15, -0.1) is 0 Å². The second-order valence-electron chi connectivity index (χ2n) is 3.95. The topological polar surface area (TPSA) is 121 Å². The maximum atomic E-state index is 11.8. The molecule has 1 aromatic rings. The number of carboxylic acids is 2. The van der Waals surface area contributed by atoms with Crippen LogP contribution in [0.15, 0.2) is 24.3 Å². The zero-order chi connectivity index (χ0) is 14.6. The molecular formula is C12H14N2O5. The first-order valence-electron chi connectivity index (χ1n) is 5.41. The summed E-state index contributed by atoms with van der Waals surface area (Å²) in [5, 5.41) is 17.3. The molecule has 1 rings (SSSR count). The lowest BCUT2D eigenvalue weighted by molar-refractivity contribution is -0.139. The number of nitrogens with zero attached hydrogens (tertiary/aromatic N) is 1. The molecule has 1 aromatic carbocycles. The molecule has 4 N–H and O–H groups in total. The highest BCUT2D eigenvalue weighted by Gasteiger charge is 2.21. The molecule has 0 spiro atoms. The fourth-order valence-electron chi connectivity index (χ4n) is 1.48. The molecule has 1 atom stereocenters. The third-order valence-electron chi connectivity index (χ3n) is 2.54. The van der Waals surface area contributed by atoms with Crippen LogP contribution in [0.5, 0.6) is 0 Å². The molecule has 0 radical (unpaired) electrons. The number of aromatic carboxylic acids is 1. The van der Waals surface area contributed by atoms with Crippen LogP contribution < -0.4 is 10.6 Å². The third-order valence-corrected chi connectivity index (χ3v) is 2.54. The normalized spacial score (nSPS) is 11.7. The number of carbonyl (C=O) groups is 3. The lowest BCUT2D eigenvalue weighted by atomic mass is 10.1. The van der Waals surface area contributed by atoms with Gasteiger partial charge in [-0.2, -0.15) is 0 Å². The van der Waals surface area contributed by atoms with Gasteiger partial charge in [-0.3, -0.25) is 9.59 Å². The van der Waals surface area contributed by atoms with Crippen LogP contribution in [0.3, 0.4) is 0 Å². The molecule has 19 heavy (non-hydrogen) atoms. The Hall–Kier alpha value is -2.41. The summed E-state index contributed by atoms with van der Waals surface area (Å²) in [6.07, 6.45) is -0.462. The lowest BCUT2D eigenvalue weighted by Crippen LogP contribution is -2.43. The predicted molar refractivity (Wildman–Crippen MR) is 67.0 cm³/mol. The Balaban J connectivity index is 2.82. The maximum absolute atomic E-state index is 11.8. The van der Waals surface area contributed by atoms with Gasteiger partial charge in [0.2, 0.25) is 5.91 Å². The van der Waals surface area contributed by atoms with Crippen molar-refractivity contribution >= 4 is 23.5 Å². The highest BCUT2D eigenvalue weighted by molar-refractivity contribution is 5.98. The van der Waals surface area contributed by atoms with E-state index in [1.807, 2.05) is 0 Å². The van der Waals surface area contributed by atoms with E-state index < -0.39 is 30.3 Å². The Bertz CT molecular complexity index is 497. The summed E-state index contributed by atoms with van der Waals surface area (Å²) in [5.41, 5.74) is 6.01. The number of benzene rings is 1. The zero-order valence-corrected chi connectivity index (χ0v) is 10.2. The molecule has 0 bridgehead atoms. The van der Waals surface area contributed by atoms with E-state index in [0.717, 1.165) is 0 Å². The van der Waals surface area contributed by atoms with Crippen molar-refractivity contribution in [2.45, 2.75) is 12.5 Å². The first-order chi connectivity index (χ1) is 8.82. The molecular weight excluding hydrogens is 252 g/mol. The van der Waals surface area contributed by atoms with Gasteiger partial charge in [-0.25, -0.2) is 4.79 Å². The molecule has 1 amide bonds. The van der Waals surface area contributed by atoms with E-state index in [-0.39, 0.29) is 5.56 Å². The standard InChI is InChI=1S/C12H14N2O5/c1-14(11(17)9(13)6-10(15)16)8-4-2-7(3-5-8)12(18)19/h2-5,9H,6,13H2,1H3,(H,15,16)(H,18,19). The maximum Gasteiger partial charge on any atom is 0.335 e. The molecule has 7 heteroatoms. The number of rotatable bonds is 5. The highest BCUT2D eigenvalue weighted by atomic mass is 16.4. The van der Waals surface area contributed by atoms with Crippen molar-refractivity contribution in [1.29, 1.82) is 0 Å². The van der Waals surface area contributed by atoms with Crippen molar-refractivity contribution in [3.05, 3.63) is 29.8 Å². The largest absolute Gasteiger partial charge is 0.481 e. The Morgan fingerprint density at radius 2 is 1.74 bits per heavy atom. The fraction of sp³-hybridized carbons (Fsp3) is 0.250. The number of hydrogen-bond acceptors (Lipinski definition) is 4. The molecule has 0 fully saturated rings. The predicted octanol–water partition coefficient (Wildman–Crippen LogP) is 0.150. The molecule has 0 saturated carbocycles. The van der Waals surface area contributed by atoms with Gasteiger partial charge in [0.1, 0.15) is 0 Å². The number of carbonyl (C=O) groups excluding carboxylic acids is 1. The van der Waals surface area contributed by atoms with Gasteiger partial charge in [0, 0.05) is 12.7 Å². The number of anilines is 1. The summed E-state index contributed by atoms with van der Waals surface area (Å²) in [5.74, 6) is -2.77. The second-order valence-corrected chi connectivity index (χ2v) is 3.95. The van der Waals surface area contributed by atoms with E-state index in [1.54, 1.807) is 0 Å². The van der Waals surface area contributed by atoms with Gasteiger partial charge in [0.05, 0.1) is 18.0 Å². The second kappa shape index (κ2) is 5.96. The van der Waals surface area contributed by atoms with Crippen LogP contribution >= 0.6 is 0 Å². The van der Waals surface area contributed by atoms with E-state index in [9.17, 15) is 14.4 Å². The van der Waals surface area contributed by atoms with Gasteiger partial charge >= 0.3 is 11.9 Å². The van der Waals surface area contributed by atoms with Crippen LogP contribution in [0.4, 0.5) is 5.69 Å². The summed E-state index contributed by atoms with van der Waals surface area (Å²) >= 11 is 0. The number of likely N-dealkylation sites (N-methyl/N-ethyl adjacent to an activating group) is 1. The van der Waals surface area contributed by atoms with E-state index in [0.29, 0.717) is 5.69 Å². The van der Waals surface area contributed by atoms with Crippen LogP contribution in [-0.2, 0) is 9.59 Å². The summed E-state index contributed by atoms with van der Waals surface area (Å²) in [4.78, 5) is 34.2. The van der Waals surface area contributed by atoms with Crippen molar-refractivity contribution in [2.75, 3.05) is 11.9 Å². The Morgan fingerprint density at radius 1 is 1.21 bits per heavy atom. The van der Waals surface area contributed by atoms with Crippen molar-refractivity contribution in [1.82, 2.24) is 0 Å². The molecule has 0 aliphatic carbocycles. The van der Waals surface area contributed by atoms with Crippen molar-refractivity contribution < 1.29 is 24.6 Å². The van der Waals surface area contributed by atoms with Crippen LogP contribution in [0.1, 0.15) is 16.8 Å². The number of nitrogens with two attached hydrogens (primary N) is 1. The molecule has 0 aliphatic rings. The van der Waals surface area contributed by atoms with Gasteiger partial charge in [-0.1, -0.05) is 0 Å². The number of carboxylic acid groups (broad SMARTS) is 2. The third kappa shape index (κ3) is 3.78. The average Bonchev–Trinajstić information content (AvgIpc) is 2.36. The van der Waals surface area contributed by atoms with Crippen molar-refractivity contribution in [2.24, 2.45) is 5.73 Å². The lowest BCUT2D eigenvalue weighted by Gasteiger charge is -2.20. The molecule has 102 valence electrons. The summed E-state index contributed by atoms with van der Waals surface area (Å²) in [6.45, 7) is 0. The van der Waals surface area contributed by atoms with Crippen LogP contribution in [0.2, 0.25) is 0 Å². The van der Waals surface area contributed by atoms with E-state index >= 15 is 0 Å². The Morgan fingerprint density at radius 3 is 2.16 bits per heavy atom. The van der Waals surface area contributed by atoms with Crippen LogP contribution in [-0.4, -0.2) is 41.1 Å². The highest BCUT2D eigenvalue weighted by Crippen LogP contribution is 2.15. The quantitative estimate of drug-likeness (QED) is 0.697. The minimum absolute atomic E-state index is 0.0967. The van der Waals surface area contributed by atoms with Gasteiger partial charge in [-0.05, 0) is 24.3 Å². The number of aliphatic carboxylic acids is 1. The van der Waals surface area contributed by atoms with Gasteiger partial charge < -0.3 is 20.8 Å². The molecule has 0 aliphatic heterocycles. The van der Waals surface area contributed by atoms with E-state index in [2.05, 4.69) is 0 Å². The Labute approximate surface area is 109 Å². The van der Waals surface area contributed by atoms with Crippen molar-refractivity contribution in [3.8, 4) is 0 Å². The van der Waals surface area contributed by atoms with E-state index in [1.165, 1.54) is 36.2 Å². The zero-order valence-electron chi connectivity index (χ0n) is 10.2. The first kappa shape index (κ1) is 14.7. The SMILES string of the molecule is CN(C(=O)C(N)CC(=O)O)c1ccc(C(=O)O)cc1. The average molecular weight is 266 g/mol. The van der Waals surface area contributed by atoms with Gasteiger partial charge in [0.15, 0.2) is 0 Å². The Kier molecular flexibility index (Phi) is 4.60. The monoisotopic (exact) mass is 266 g/mol. The minimum atomic E-state index is -1.16. The molecule has 0 aromatic heterocycles. The fourth-order valence-corrected chi connectivity index (χ4v) is 1.48. The van der Waals surface area contributed by atoms with Gasteiger partial charge in [0.25, 0.3) is 0 Å². The smallest absolute Gasteiger partial charge is 0.335 e. The van der Waals surface area contributed by atoms with Crippen LogP contribution in [0.25, 0.3) is 0 Å². The molecule has 7 nitrogen and oxygen atoms in total. The van der Waals surface area contributed by atoms with Crippen molar-refractivity contribution in [3.63, 3.8) is 0 Å². The van der Waals surface area contributed by atoms with Crippen LogP contribution in [0, 0.1) is 0 Å². The molecule has 0 heterocycles. The summed E-state index contributed by atoms with van der Waals surface area (Å²) < 4.78 is 0. The van der Waals surface area contributed by atoms with E-state index in [4.69, 9.17) is 15.9 Å². The number of amides is 1. The number of hydrogen-bond donors (Lipinski definition) is 3. The molecule has 0 saturated heterocycles. The molecule has 1 unspecified atom stereocenters. The first-order valence-corrected chi connectivity index (χ1v) is 5.41. The summed E-state index contributed by atoms with van der Waals surface area (Å²) in [7, 11) is 1.44.